The number of nitrogens with one attached hydrogen (secondary N) is 2. The van der Waals surface area contributed by atoms with E-state index in [9.17, 15) is 9.18 Å². The lowest BCUT2D eigenvalue weighted by molar-refractivity contribution is -0.0851. The molecule has 2 N–H and O–H groups in total. The number of carbonyl (C=O) groups is 1. The largest absolute Gasteiger partial charge is 0.453 e. The first-order valence-corrected chi connectivity index (χ1v) is 9.71. The lowest BCUT2D eigenvalue weighted by Gasteiger charge is -2.32. The predicted octanol–water partition coefficient (Wildman–Crippen LogP) is 3.20. The van der Waals surface area contributed by atoms with Crippen molar-refractivity contribution in [3.8, 4) is 11.1 Å². The first-order chi connectivity index (χ1) is 14.1. The molecule has 0 saturated carbocycles. The lowest BCUT2D eigenvalue weighted by Crippen LogP contribution is -2.43. The normalized spacial score (nSPS) is 17.6. The summed E-state index contributed by atoms with van der Waals surface area (Å²) in [6.45, 7) is 4.41. The number of amides is 1. The average molecular weight is 402 g/mol. The quantitative estimate of drug-likeness (QED) is 0.696. The van der Waals surface area contributed by atoms with Crippen molar-refractivity contribution in [1.29, 1.82) is 0 Å². The molecule has 6 nitrogen and oxygen atoms in total. The van der Waals surface area contributed by atoms with Crippen molar-refractivity contribution in [3.05, 3.63) is 59.4 Å². The topological polar surface area (TPSA) is 68.8 Å². The SMILES string of the molecule is COC(=O)NCCOC(c1cccc(F)c1-c1cccc(C)c1)C1CNCCO1. The highest BCUT2D eigenvalue weighted by Gasteiger charge is 2.30. The number of halogens is 1. The minimum absolute atomic E-state index is 0.239. The van der Waals surface area contributed by atoms with E-state index in [4.69, 9.17) is 9.47 Å². The fourth-order valence-corrected chi connectivity index (χ4v) is 3.47. The molecule has 29 heavy (non-hydrogen) atoms. The van der Waals surface area contributed by atoms with E-state index in [0.29, 0.717) is 18.7 Å². The maximum Gasteiger partial charge on any atom is 0.406 e. The highest BCUT2D eigenvalue weighted by molar-refractivity contribution is 5.69. The molecule has 0 aliphatic carbocycles. The number of hydrogen-bond acceptors (Lipinski definition) is 5. The van der Waals surface area contributed by atoms with Crippen molar-refractivity contribution < 1.29 is 23.4 Å². The molecule has 2 atom stereocenters. The molecular formula is C22H27FN2O4. The molecule has 1 aliphatic rings. The Morgan fingerprint density at radius 1 is 1.34 bits per heavy atom. The molecule has 1 amide bonds. The van der Waals surface area contributed by atoms with Crippen molar-refractivity contribution in [2.24, 2.45) is 0 Å². The van der Waals surface area contributed by atoms with Gasteiger partial charge in [-0.1, -0.05) is 42.0 Å². The second-order valence-electron chi connectivity index (χ2n) is 6.90. The molecule has 7 heteroatoms. The Labute approximate surface area is 170 Å². The van der Waals surface area contributed by atoms with Crippen molar-refractivity contribution in [2.45, 2.75) is 19.1 Å². The number of benzene rings is 2. The van der Waals surface area contributed by atoms with Crippen LogP contribution >= 0.6 is 0 Å². The molecule has 0 bridgehead atoms. The third-order valence-corrected chi connectivity index (χ3v) is 4.81. The Morgan fingerprint density at radius 3 is 2.90 bits per heavy atom. The van der Waals surface area contributed by atoms with E-state index in [2.05, 4.69) is 15.4 Å². The van der Waals surface area contributed by atoms with Crippen LogP contribution in [0.15, 0.2) is 42.5 Å². The van der Waals surface area contributed by atoms with Crippen LogP contribution in [0.4, 0.5) is 9.18 Å². The van der Waals surface area contributed by atoms with Gasteiger partial charge in [-0.05, 0) is 24.1 Å². The molecule has 0 spiro atoms. The van der Waals surface area contributed by atoms with Crippen molar-refractivity contribution >= 4 is 6.09 Å². The zero-order chi connectivity index (χ0) is 20.6. The number of aryl methyl sites for hydroxylation is 1. The maximum atomic E-state index is 14.9. The second-order valence-corrected chi connectivity index (χ2v) is 6.90. The number of rotatable bonds is 7. The Kier molecular flexibility index (Phi) is 7.57. The van der Waals surface area contributed by atoms with Crippen LogP contribution in [0, 0.1) is 12.7 Å². The number of hydrogen-bond donors (Lipinski definition) is 2. The molecule has 2 unspecified atom stereocenters. The number of carbonyl (C=O) groups excluding carboxylic acids is 1. The van der Waals surface area contributed by atoms with Gasteiger partial charge in [0, 0.05) is 25.2 Å². The van der Waals surface area contributed by atoms with Crippen LogP contribution < -0.4 is 10.6 Å². The van der Waals surface area contributed by atoms with Crippen LogP contribution in [0.5, 0.6) is 0 Å². The minimum atomic E-state index is -0.521. The molecule has 156 valence electrons. The van der Waals surface area contributed by atoms with E-state index < -0.39 is 12.2 Å². The van der Waals surface area contributed by atoms with Crippen molar-refractivity contribution in [3.63, 3.8) is 0 Å². The summed E-state index contributed by atoms with van der Waals surface area (Å²) >= 11 is 0. The number of methoxy groups -OCH3 is 1. The average Bonchev–Trinajstić information content (AvgIpc) is 2.74. The fourth-order valence-electron chi connectivity index (χ4n) is 3.47. The molecule has 2 aromatic carbocycles. The summed E-state index contributed by atoms with van der Waals surface area (Å²) in [4.78, 5) is 11.3. The van der Waals surface area contributed by atoms with Gasteiger partial charge in [0.15, 0.2) is 0 Å². The second kappa shape index (κ2) is 10.3. The van der Waals surface area contributed by atoms with Gasteiger partial charge in [0.2, 0.25) is 0 Å². The Hall–Kier alpha value is -2.48. The van der Waals surface area contributed by atoms with Gasteiger partial charge in [0.25, 0.3) is 0 Å². The van der Waals surface area contributed by atoms with Gasteiger partial charge in [0.05, 0.1) is 20.3 Å². The third kappa shape index (κ3) is 5.53. The monoisotopic (exact) mass is 402 g/mol. The number of morpholine rings is 1. The first-order valence-electron chi connectivity index (χ1n) is 9.71. The van der Waals surface area contributed by atoms with Gasteiger partial charge in [-0.2, -0.15) is 0 Å². The number of alkyl carbamates (subject to hydrolysis) is 1. The van der Waals surface area contributed by atoms with Gasteiger partial charge in [-0.25, -0.2) is 9.18 Å². The van der Waals surface area contributed by atoms with Gasteiger partial charge in [0.1, 0.15) is 18.0 Å². The summed E-state index contributed by atoms with van der Waals surface area (Å²) in [5, 5.41) is 5.89. The van der Waals surface area contributed by atoms with Gasteiger partial charge in [-0.15, -0.1) is 0 Å². The minimum Gasteiger partial charge on any atom is -0.453 e. The molecule has 3 rings (SSSR count). The highest BCUT2D eigenvalue weighted by atomic mass is 19.1. The van der Waals surface area contributed by atoms with Crippen LogP contribution in [0.1, 0.15) is 17.2 Å². The van der Waals surface area contributed by atoms with Gasteiger partial charge >= 0.3 is 6.09 Å². The summed E-state index contributed by atoms with van der Waals surface area (Å²) in [5.41, 5.74) is 3.08. The summed E-state index contributed by atoms with van der Waals surface area (Å²) in [5.74, 6) is -0.307. The van der Waals surface area contributed by atoms with Crippen molar-refractivity contribution in [1.82, 2.24) is 10.6 Å². The molecular weight excluding hydrogens is 375 g/mol. The summed E-state index contributed by atoms with van der Waals surface area (Å²) in [7, 11) is 1.31. The van der Waals surface area contributed by atoms with E-state index >= 15 is 0 Å². The molecule has 1 saturated heterocycles. The highest BCUT2D eigenvalue weighted by Crippen LogP contribution is 2.35. The lowest BCUT2D eigenvalue weighted by atomic mass is 9.92. The molecule has 2 aromatic rings. The Morgan fingerprint density at radius 2 is 2.17 bits per heavy atom. The number of ether oxygens (including phenoxy) is 3. The van der Waals surface area contributed by atoms with E-state index in [1.807, 2.05) is 37.3 Å². The molecule has 0 radical (unpaired) electrons. The molecule has 0 aromatic heterocycles. The maximum absolute atomic E-state index is 14.9. The van der Waals surface area contributed by atoms with Crippen LogP contribution in [0.2, 0.25) is 0 Å². The Bertz CT molecular complexity index is 824. The van der Waals surface area contributed by atoms with E-state index in [1.54, 1.807) is 6.07 Å². The van der Waals surface area contributed by atoms with Crippen LogP contribution in [0.3, 0.4) is 0 Å². The van der Waals surface area contributed by atoms with Crippen LogP contribution in [0.25, 0.3) is 11.1 Å². The standard InChI is InChI=1S/C22H27FN2O4/c1-15-5-3-6-16(13-15)20-17(7-4-8-18(20)23)21(19-14-24-9-11-28-19)29-12-10-25-22(26)27-2/h3-8,13,19,21,24H,9-12,14H2,1-2H3,(H,25,26). The summed E-state index contributed by atoms with van der Waals surface area (Å²) in [6.07, 6.45) is -1.28. The first kappa shape index (κ1) is 21.2. The van der Waals surface area contributed by atoms with E-state index in [0.717, 1.165) is 23.2 Å². The van der Waals surface area contributed by atoms with Crippen LogP contribution in [-0.4, -0.2) is 52.2 Å². The van der Waals surface area contributed by atoms with Crippen molar-refractivity contribution in [2.75, 3.05) is 40.0 Å². The summed E-state index contributed by atoms with van der Waals surface area (Å²) in [6, 6.07) is 12.8. The van der Waals surface area contributed by atoms with Gasteiger partial charge < -0.3 is 24.8 Å². The Balaban J connectivity index is 1.90. The molecule has 1 fully saturated rings. The zero-order valence-corrected chi connectivity index (χ0v) is 16.7. The fraction of sp³-hybridized carbons (Fsp3) is 0.409. The molecule has 1 aliphatic heterocycles. The van der Waals surface area contributed by atoms with Crippen LogP contribution in [-0.2, 0) is 14.2 Å². The van der Waals surface area contributed by atoms with E-state index in [1.165, 1.54) is 13.2 Å². The van der Waals surface area contributed by atoms with E-state index in [-0.39, 0.29) is 25.1 Å². The predicted molar refractivity (Wildman–Crippen MR) is 108 cm³/mol. The zero-order valence-electron chi connectivity index (χ0n) is 16.7. The molecule has 1 heterocycles. The van der Waals surface area contributed by atoms with Gasteiger partial charge in [-0.3, -0.25) is 0 Å². The summed E-state index contributed by atoms with van der Waals surface area (Å²) < 4.78 is 31.6. The smallest absolute Gasteiger partial charge is 0.406 e. The third-order valence-electron chi connectivity index (χ3n) is 4.81.